The van der Waals surface area contributed by atoms with Crippen LogP contribution in [0.15, 0.2) is 16.6 Å². The number of rotatable bonds is 4. The highest BCUT2D eigenvalue weighted by Gasteiger charge is 2.43. The van der Waals surface area contributed by atoms with Crippen LogP contribution in [0.5, 0.6) is 5.75 Å². The maximum atomic E-state index is 11.8. The van der Waals surface area contributed by atoms with E-state index in [4.69, 9.17) is 4.74 Å². The predicted octanol–water partition coefficient (Wildman–Crippen LogP) is 4.48. The van der Waals surface area contributed by atoms with E-state index in [0.717, 1.165) is 34.2 Å². The highest BCUT2D eigenvalue weighted by molar-refractivity contribution is 9.10. The van der Waals surface area contributed by atoms with Crippen LogP contribution in [0.25, 0.3) is 0 Å². The Kier molecular flexibility index (Phi) is 4.43. The van der Waals surface area contributed by atoms with Gasteiger partial charge >= 0.3 is 5.97 Å². The van der Waals surface area contributed by atoms with Crippen molar-refractivity contribution in [1.82, 2.24) is 0 Å². The van der Waals surface area contributed by atoms with Crippen LogP contribution >= 0.6 is 15.9 Å². The molecule has 1 aromatic rings. The van der Waals surface area contributed by atoms with Gasteiger partial charge in [-0.15, -0.1) is 0 Å². The Morgan fingerprint density at radius 3 is 2.40 bits per heavy atom. The molecule has 1 saturated carbocycles. The summed E-state index contributed by atoms with van der Waals surface area (Å²) in [4.78, 5) is 11.8. The van der Waals surface area contributed by atoms with Gasteiger partial charge in [0.05, 0.1) is 12.5 Å². The van der Waals surface area contributed by atoms with Crippen molar-refractivity contribution < 1.29 is 14.6 Å². The number of hydrogen-bond acceptors (Lipinski definition) is 2. The van der Waals surface area contributed by atoms with E-state index in [1.54, 1.807) is 7.11 Å². The van der Waals surface area contributed by atoms with Crippen molar-refractivity contribution in [1.29, 1.82) is 0 Å². The van der Waals surface area contributed by atoms with E-state index in [9.17, 15) is 9.90 Å². The fourth-order valence-corrected chi connectivity index (χ4v) is 4.10. The number of carbonyl (C=O) groups is 1. The van der Waals surface area contributed by atoms with E-state index >= 15 is 0 Å². The van der Waals surface area contributed by atoms with Crippen LogP contribution in [0.2, 0.25) is 0 Å². The quantitative estimate of drug-likeness (QED) is 0.878. The molecular formula is C16H21BrO3. The average molecular weight is 341 g/mol. The number of hydrogen-bond donors (Lipinski definition) is 1. The molecule has 0 unspecified atom stereocenters. The highest BCUT2D eigenvalue weighted by atomic mass is 79.9. The van der Waals surface area contributed by atoms with Crippen molar-refractivity contribution in [3.8, 4) is 5.75 Å². The van der Waals surface area contributed by atoms with Crippen molar-refractivity contribution in [2.24, 2.45) is 0 Å². The summed E-state index contributed by atoms with van der Waals surface area (Å²) in [7, 11) is 1.64. The van der Waals surface area contributed by atoms with E-state index in [2.05, 4.69) is 29.8 Å². The van der Waals surface area contributed by atoms with Crippen molar-refractivity contribution in [2.75, 3.05) is 7.11 Å². The molecule has 3 nitrogen and oxygen atoms in total. The third kappa shape index (κ3) is 2.46. The van der Waals surface area contributed by atoms with Crippen molar-refractivity contribution in [2.45, 2.75) is 50.9 Å². The van der Waals surface area contributed by atoms with E-state index in [1.165, 1.54) is 0 Å². The summed E-state index contributed by atoms with van der Waals surface area (Å²) in [6.07, 6.45) is 3.36. The Bertz CT molecular complexity index is 517. The fourth-order valence-electron chi connectivity index (χ4n) is 3.20. The summed E-state index contributed by atoms with van der Waals surface area (Å²) < 4.78 is 6.43. The number of carboxylic acids is 1. The first kappa shape index (κ1) is 15.4. The number of methoxy groups -OCH3 is 1. The number of benzene rings is 1. The van der Waals surface area contributed by atoms with Gasteiger partial charge in [0.15, 0.2) is 0 Å². The third-order valence-corrected chi connectivity index (χ3v) is 4.96. The number of carboxylic acid groups (broad SMARTS) is 1. The van der Waals surface area contributed by atoms with Gasteiger partial charge in [-0.3, -0.25) is 4.79 Å². The lowest BCUT2D eigenvalue weighted by Gasteiger charge is -2.26. The zero-order valence-corrected chi connectivity index (χ0v) is 13.8. The Morgan fingerprint density at radius 1 is 1.35 bits per heavy atom. The first-order chi connectivity index (χ1) is 9.42. The molecule has 0 atom stereocenters. The molecular weight excluding hydrogens is 320 g/mol. The number of ether oxygens (including phenoxy) is 1. The lowest BCUT2D eigenvalue weighted by atomic mass is 9.78. The van der Waals surface area contributed by atoms with Gasteiger partial charge in [0.1, 0.15) is 5.75 Å². The lowest BCUT2D eigenvalue weighted by molar-refractivity contribution is -0.143. The largest absolute Gasteiger partial charge is 0.496 e. The molecule has 0 heterocycles. The monoisotopic (exact) mass is 340 g/mol. The molecule has 1 aromatic carbocycles. The first-order valence-corrected chi connectivity index (χ1v) is 7.83. The topological polar surface area (TPSA) is 46.5 Å². The molecule has 0 radical (unpaired) electrons. The molecule has 0 aliphatic heterocycles. The van der Waals surface area contributed by atoms with E-state index in [0.29, 0.717) is 18.8 Å². The molecule has 4 heteroatoms. The van der Waals surface area contributed by atoms with Crippen LogP contribution in [-0.4, -0.2) is 18.2 Å². The molecule has 0 spiro atoms. The van der Waals surface area contributed by atoms with Gasteiger partial charge in [-0.05, 0) is 36.5 Å². The van der Waals surface area contributed by atoms with Crippen molar-refractivity contribution in [3.05, 3.63) is 27.7 Å². The molecule has 20 heavy (non-hydrogen) atoms. The molecule has 0 saturated heterocycles. The molecule has 0 aromatic heterocycles. The van der Waals surface area contributed by atoms with Crippen molar-refractivity contribution in [3.63, 3.8) is 0 Å². The fraction of sp³-hybridized carbons (Fsp3) is 0.562. The van der Waals surface area contributed by atoms with E-state index in [-0.39, 0.29) is 0 Å². The van der Waals surface area contributed by atoms with Crippen LogP contribution in [0.1, 0.15) is 56.6 Å². The van der Waals surface area contributed by atoms with Gasteiger partial charge in [0.2, 0.25) is 0 Å². The van der Waals surface area contributed by atoms with Gasteiger partial charge in [0, 0.05) is 10.0 Å². The summed E-state index contributed by atoms with van der Waals surface area (Å²) >= 11 is 3.59. The molecule has 1 aliphatic rings. The zero-order chi connectivity index (χ0) is 14.9. The summed E-state index contributed by atoms with van der Waals surface area (Å²) in [6.45, 7) is 4.20. The Hall–Kier alpha value is -1.03. The highest BCUT2D eigenvalue weighted by Crippen LogP contribution is 2.45. The molecule has 1 N–H and O–H groups in total. The lowest BCUT2D eigenvalue weighted by Crippen LogP contribution is -2.32. The van der Waals surface area contributed by atoms with Crippen LogP contribution in [0.3, 0.4) is 0 Å². The Labute approximate surface area is 128 Å². The second kappa shape index (κ2) is 5.76. The van der Waals surface area contributed by atoms with Crippen molar-refractivity contribution >= 4 is 21.9 Å². The number of halogens is 1. The minimum Gasteiger partial charge on any atom is -0.496 e. The first-order valence-electron chi connectivity index (χ1n) is 7.03. The second-order valence-electron chi connectivity index (χ2n) is 5.82. The number of aliphatic carboxylic acids is 1. The SMILES string of the molecule is COc1cc(C2(C(=O)O)CCCC2)cc(Br)c1C(C)C. The minimum absolute atomic E-state index is 0.317. The Morgan fingerprint density at radius 2 is 1.95 bits per heavy atom. The molecule has 1 fully saturated rings. The third-order valence-electron chi connectivity index (χ3n) is 4.31. The van der Waals surface area contributed by atoms with Gasteiger partial charge in [-0.25, -0.2) is 0 Å². The molecule has 0 amide bonds. The summed E-state index contributed by atoms with van der Waals surface area (Å²) in [5.41, 5.74) is 1.20. The van der Waals surface area contributed by atoms with Crippen LogP contribution in [0, 0.1) is 0 Å². The molecule has 1 aliphatic carbocycles. The van der Waals surface area contributed by atoms with Gasteiger partial charge < -0.3 is 9.84 Å². The van der Waals surface area contributed by atoms with Gasteiger partial charge in [-0.2, -0.15) is 0 Å². The molecule has 2 rings (SSSR count). The maximum absolute atomic E-state index is 11.8. The molecule has 110 valence electrons. The van der Waals surface area contributed by atoms with E-state index in [1.807, 2.05) is 12.1 Å². The van der Waals surface area contributed by atoms with E-state index < -0.39 is 11.4 Å². The normalized spacial score (nSPS) is 17.4. The Balaban J connectivity index is 2.58. The second-order valence-corrected chi connectivity index (χ2v) is 6.68. The average Bonchev–Trinajstić information content (AvgIpc) is 2.87. The van der Waals surface area contributed by atoms with Crippen LogP contribution < -0.4 is 4.74 Å². The predicted molar refractivity (Wildman–Crippen MR) is 82.6 cm³/mol. The zero-order valence-electron chi connectivity index (χ0n) is 12.2. The standard InChI is InChI=1S/C16H21BrO3/c1-10(2)14-12(17)8-11(9-13(14)20-3)16(15(18)19)6-4-5-7-16/h8-10H,4-7H2,1-3H3,(H,18,19). The van der Waals surface area contributed by atoms with Gasteiger partial charge in [0.25, 0.3) is 0 Å². The minimum atomic E-state index is -0.745. The summed E-state index contributed by atoms with van der Waals surface area (Å²) in [5, 5.41) is 9.69. The summed E-state index contributed by atoms with van der Waals surface area (Å²) in [6, 6.07) is 3.89. The molecule has 0 bridgehead atoms. The van der Waals surface area contributed by atoms with Crippen LogP contribution in [0.4, 0.5) is 0 Å². The smallest absolute Gasteiger partial charge is 0.314 e. The van der Waals surface area contributed by atoms with Gasteiger partial charge in [-0.1, -0.05) is 42.6 Å². The van der Waals surface area contributed by atoms with Crippen LogP contribution in [-0.2, 0) is 10.2 Å². The maximum Gasteiger partial charge on any atom is 0.314 e. The summed E-state index contributed by atoms with van der Waals surface area (Å²) in [5.74, 6) is 0.371.